The lowest BCUT2D eigenvalue weighted by Gasteiger charge is -2.25. The number of para-hydroxylation sites is 1. The molecule has 0 radical (unpaired) electrons. The molecule has 0 bridgehead atoms. The molecule has 10 heteroatoms. The smallest absolute Gasteiger partial charge is 0.338 e. The van der Waals surface area contributed by atoms with Crippen LogP contribution >= 0.6 is 27.3 Å². The van der Waals surface area contributed by atoms with Gasteiger partial charge in [-0.15, -0.1) is 0 Å². The lowest BCUT2D eigenvalue weighted by Crippen LogP contribution is -2.40. The number of methoxy groups -OCH3 is 2. The molecule has 0 unspecified atom stereocenters. The van der Waals surface area contributed by atoms with Gasteiger partial charge in [0, 0.05) is 10.0 Å². The van der Waals surface area contributed by atoms with Gasteiger partial charge in [-0.1, -0.05) is 45.5 Å². The molecule has 194 valence electrons. The fraction of sp³-hybridized carbons (Fsp3) is 0.296. The summed E-state index contributed by atoms with van der Waals surface area (Å²) in [4.78, 5) is 32.1. The van der Waals surface area contributed by atoms with Crippen LogP contribution in [0.1, 0.15) is 37.9 Å². The van der Waals surface area contributed by atoms with E-state index in [1.807, 2.05) is 31.2 Å². The Hall–Kier alpha value is -3.37. The minimum Gasteiger partial charge on any atom is -0.496 e. The summed E-state index contributed by atoms with van der Waals surface area (Å²) in [5, 5.41) is 0. The molecular formula is C27H27BrN2O6S. The first-order chi connectivity index (χ1) is 17.8. The molecule has 0 amide bonds. The number of nitrogens with zero attached hydrogens (tertiary/aromatic N) is 2. The Morgan fingerprint density at radius 2 is 1.84 bits per heavy atom. The molecular weight excluding hydrogens is 560 g/mol. The second kappa shape index (κ2) is 11.4. The fourth-order valence-electron chi connectivity index (χ4n) is 4.21. The van der Waals surface area contributed by atoms with Crippen LogP contribution in [0.25, 0.3) is 6.08 Å². The first-order valence-corrected chi connectivity index (χ1v) is 13.3. The van der Waals surface area contributed by atoms with Gasteiger partial charge in [0.25, 0.3) is 5.56 Å². The van der Waals surface area contributed by atoms with E-state index in [4.69, 9.17) is 18.9 Å². The molecule has 0 aliphatic carbocycles. The predicted octanol–water partition coefficient (Wildman–Crippen LogP) is 3.98. The van der Waals surface area contributed by atoms with E-state index >= 15 is 0 Å². The first kappa shape index (κ1) is 26.7. The Morgan fingerprint density at radius 1 is 1.11 bits per heavy atom. The van der Waals surface area contributed by atoms with Gasteiger partial charge in [-0.25, -0.2) is 9.79 Å². The zero-order valence-electron chi connectivity index (χ0n) is 21.2. The van der Waals surface area contributed by atoms with Crippen LogP contribution in [0.3, 0.4) is 0 Å². The average Bonchev–Trinajstić information content (AvgIpc) is 3.19. The van der Waals surface area contributed by atoms with Gasteiger partial charge in [0.05, 0.1) is 43.2 Å². The second-order valence-corrected chi connectivity index (χ2v) is 9.87. The SMILES string of the molecule is CCOC(=O)C1=C(C)N=c2s/c(=C/c3cc(OCC)c(OC)cc3Br)c(=O)n2[C@H]1c1ccccc1OC. The lowest BCUT2D eigenvalue weighted by atomic mass is 9.95. The molecule has 4 rings (SSSR count). The summed E-state index contributed by atoms with van der Waals surface area (Å²) in [5.74, 6) is 1.18. The number of halogens is 1. The average molecular weight is 587 g/mol. The number of hydrogen-bond acceptors (Lipinski definition) is 8. The Bertz CT molecular complexity index is 1560. The number of ether oxygens (including phenoxy) is 4. The lowest BCUT2D eigenvalue weighted by molar-refractivity contribution is -0.139. The van der Waals surface area contributed by atoms with Crippen LogP contribution in [0.15, 0.2) is 61.9 Å². The molecule has 2 aromatic carbocycles. The number of carbonyl (C=O) groups is 1. The number of thiazole rings is 1. The van der Waals surface area contributed by atoms with Gasteiger partial charge >= 0.3 is 5.97 Å². The number of rotatable bonds is 8. The van der Waals surface area contributed by atoms with Crippen molar-refractivity contribution in [3.05, 3.63) is 83.0 Å². The van der Waals surface area contributed by atoms with E-state index in [2.05, 4.69) is 20.9 Å². The van der Waals surface area contributed by atoms with E-state index in [1.54, 1.807) is 46.3 Å². The number of esters is 1. The fourth-order valence-corrected chi connectivity index (χ4v) is 5.68. The maximum absolute atomic E-state index is 13.9. The third-order valence-corrected chi connectivity index (χ3v) is 7.49. The molecule has 8 nitrogen and oxygen atoms in total. The molecule has 0 fully saturated rings. The summed E-state index contributed by atoms with van der Waals surface area (Å²) in [6.07, 6.45) is 1.78. The Morgan fingerprint density at radius 3 is 2.51 bits per heavy atom. The van der Waals surface area contributed by atoms with E-state index in [1.165, 1.54) is 15.9 Å². The van der Waals surface area contributed by atoms with E-state index in [9.17, 15) is 9.59 Å². The zero-order valence-corrected chi connectivity index (χ0v) is 23.6. The predicted molar refractivity (Wildman–Crippen MR) is 145 cm³/mol. The number of allylic oxidation sites excluding steroid dienone is 1. The van der Waals surface area contributed by atoms with Crippen LogP contribution in [0.4, 0.5) is 0 Å². The summed E-state index contributed by atoms with van der Waals surface area (Å²) in [6.45, 7) is 6.05. The third kappa shape index (κ3) is 5.08. The first-order valence-electron chi connectivity index (χ1n) is 11.7. The number of carbonyl (C=O) groups excluding carboxylic acids is 1. The summed E-state index contributed by atoms with van der Waals surface area (Å²) < 4.78 is 24.8. The van der Waals surface area contributed by atoms with Crippen molar-refractivity contribution in [2.24, 2.45) is 4.99 Å². The summed E-state index contributed by atoms with van der Waals surface area (Å²) in [7, 11) is 3.13. The summed E-state index contributed by atoms with van der Waals surface area (Å²) in [6, 6.07) is 10.2. The van der Waals surface area contributed by atoms with Crippen molar-refractivity contribution >= 4 is 39.3 Å². The van der Waals surface area contributed by atoms with E-state index in [-0.39, 0.29) is 12.2 Å². The van der Waals surface area contributed by atoms with Gasteiger partial charge in [-0.2, -0.15) is 0 Å². The highest BCUT2D eigenvalue weighted by molar-refractivity contribution is 9.10. The molecule has 1 aromatic heterocycles. The van der Waals surface area contributed by atoms with Gasteiger partial charge in [0.1, 0.15) is 11.8 Å². The molecule has 1 aliphatic rings. The van der Waals surface area contributed by atoms with Crippen molar-refractivity contribution in [2.75, 3.05) is 27.4 Å². The molecule has 3 aromatic rings. The van der Waals surface area contributed by atoms with Crippen LogP contribution < -0.4 is 29.1 Å². The number of hydrogen-bond donors (Lipinski definition) is 0. The van der Waals surface area contributed by atoms with Crippen molar-refractivity contribution in [1.29, 1.82) is 0 Å². The molecule has 0 N–H and O–H groups in total. The molecule has 0 saturated heterocycles. The van der Waals surface area contributed by atoms with Crippen LogP contribution in [0.5, 0.6) is 17.2 Å². The van der Waals surface area contributed by atoms with Gasteiger partial charge in [-0.05, 0) is 50.6 Å². The largest absolute Gasteiger partial charge is 0.496 e. The number of benzene rings is 2. The Balaban J connectivity index is 1.97. The van der Waals surface area contributed by atoms with E-state index in [0.29, 0.717) is 50.0 Å². The van der Waals surface area contributed by atoms with E-state index in [0.717, 1.165) is 10.0 Å². The highest BCUT2D eigenvalue weighted by Crippen LogP contribution is 2.36. The molecule has 0 saturated carbocycles. The standard InChI is InChI=1S/C27H27BrN2O6S/c1-6-35-21-12-16(18(28)14-20(21)34-5)13-22-25(31)30-24(17-10-8-9-11-19(17)33-4)23(26(32)36-7-2)15(3)29-27(30)37-22/h8-14,24H,6-7H2,1-5H3/b22-13+/t24-/m0/s1. The summed E-state index contributed by atoms with van der Waals surface area (Å²) >= 11 is 4.82. The van der Waals surface area contributed by atoms with Crippen molar-refractivity contribution in [1.82, 2.24) is 4.57 Å². The monoisotopic (exact) mass is 586 g/mol. The van der Waals surface area contributed by atoms with Gasteiger partial charge in [0.15, 0.2) is 16.3 Å². The van der Waals surface area contributed by atoms with Crippen molar-refractivity contribution in [2.45, 2.75) is 26.8 Å². The molecule has 1 aliphatic heterocycles. The molecule has 2 heterocycles. The summed E-state index contributed by atoms with van der Waals surface area (Å²) in [5.41, 5.74) is 1.92. The zero-order chi connectivity index (χ0) is 26.7. The van der Waals surface area contributed by atoms with E-state index < -0.39 is 12.0 Å². The minimum atomic E-state index is -0.758. The highest BCUT2D eigenvalue weighted by Gasteiger charge is 2.35. The molecule has 0 spiro atoms. The number of fused-ring (bicyclic) bond motifs is 1. The third-order valence-electron chi connectivity index (χ3n) is 5.82. The normalized spacial score (nSPS) is 15.2. The van der Waals surface area contributed by atoms with Gasteiger partial charge < -0.3 is 18.9 Å². The van der Waals surface area contributed by atoms with Gasteiger partial charge in [0.2, 0.25) is 0 Å². The van der Waals surface area contributed by atoms with Crippen LogP contribution in [0.2, 0.25) is 0 Å². The molecule has 37 heavy (non-hydrogen) atoms. The highest BCUT2D eigenvalue weighted by atomic mass is 79.9. The minimum absolute atomic E-state index is 0.201. The van der Waals surface area contributed by atoms with Crippen LogP contribution in [0, 0.1) is 0 Å². The maximum atomic E-state index is 13.9. The van der Waals surface area contributed by atoms with Crippen molar-refractivity contribution in [3.8, 4) is 17.2 Å². The topological polar surface area (TPSA) is 88.4 Å². The Kier molecular flexibility index (Phi) is 8.19. The maximum Gasteiger partial charge on any atom is 0.338 e. The van der Waals surface area contributed by atoms with Crippen LogP contribution in [-0.2, 0) is 9.53 Å². The van der Waals surface area contributed by atoms with Crippen LogP contribution in [-0.4, -0.2) is 38.0 Å². The van der Waals surface area contributed by atoms with Crippen molar-refractivity contribution < 1.29 is 23.7 Å². The molecule has 1 atom stereocenters. The number of aromatic nitrogens is 1. The van der Waals surface area contributed by atoms with Crippen molar-refractivity contribution in [3.63, 3.8) is 0 Å². The quantitative estimate of drug-likeness (QED) is 0.371. The second-order valence-electron chi connectivity index (χ2n) is 8.00. The van der Waals surface area contributed by atoms with Gasteiger partial charge in [-0.3, -0.25) is 9.36 Å². The Labute approximate surface area is 226 Å².